The number of methoxy groups -OCH3 is 1. The number of carbonyl (C=O) groups is 1. The molecule has 0 aromatic heterocycles. The van der Waals surface area contributed by atoms with Crippen molar-refractivity contribution in [3.8, 4) is 0 Å². The number of carbonyl (C=O) groups excluding carboxylic acids is 1. The minimum atomic E-state index is -1.58. The Bertz CT molecular complexity index is 410. The fraction of sp³-hybridized carbons (Fsp3) is 0.462. The van der Waals surface area contributed by atoms with Crippen LogP contribution >= 0.6 is 34.8 Å². The van der Waals surface area contributed by atoms with Gasteiger partial charge in [0.2, 0.25) is 12.1 Å². The Morgan fingerprint density at radius 3 is 2.55 bits per heavy atom. The number of hydrogen-bond donors (Lipinski definition) is 2. The average molecular weight is 341 g/mol. The number of quaternary nitrogens is 1. The topological polar surface area (TPSA) is 54.9 Å². The SMILES string of the molecule is COCC[NH2+][C@@H](NC(=O)Cc1ccccc1)C(Cl)(Cl)Cl. The largest absolute Gasteiger partial charge is 0.379 e. The van der Waals surface area contributed by atoms with Crippen molar-refractivity contribution in [3.63, 3.8) is 0 Å². The number of hydrogen-bond acceptors (Lipinski definition) is 2. The van der Waals surface area contributed by atoms with Gasteiger partial charge in [0.1, 0.15) is 6.54 Å². The van der Waals surface area contributed by atoms with Gasteiger partial charge in [-0.2, -0.15) is 0 Å². The van der Waals surface area contributed by atoms with Crippen molar-refractivity contribution in [2.45, 2.75) is 16.4 Å². The number of rotatable bonds is 7. The normalized spacial score (nSPS) is 13.0. The fourth-order valence-electron chi connectivity index (χ4n) is 1.63. The molecule has 112 valence electrons. The van der Waals surface area contributed by atoms with Crippen LogP contribution in [0.15, 0.2) is 30.3 Å². The Morgan fingerprint density at radius 2 is 2.00 bits per heavy atom. The summed E-state index contributed by atoms with van der Waals surface area (Å²) < 4.78 is 3.35. The molecule has 0 bridgehead atoms. The van der Waals surface area contributed by atoms with E-state index in [2.05, 4.69) is 5.32 Å². The van der Waals surface area contributed by atoms with Crippen LogP contribution in [0.2, 0.25) is 0 Å². The molecule has 0 saturated carbocycles. The van der Waals surface area contributed by atoms with Crippen molar-refractivity contribution in [1.29, 1.82) is 0 Å². The lowest BCUT2D eigenvalue weighted by Gasteiger charge is -2.23. The molecule has 7 heteroatoms. The van der Waals surface area contributed by atoms with Crippen molar-refractivity contribution in [3.05, 3.63) is 35.9 Å². The van der Waals surface area contributed by atoms with Gasteiger partial charge in [-0.15, -0.1) is 0 Å². The fourth-order valence-corrected chi connectivity index (χ4v) is 2.06. The Morgan fingerprint density at radius 1 is 1.35 bits per heavy atom. The van der Waals surface area contributed by atoms with Gasteiger partial charge >= 0.3 is 0 Å². The molecule has 0 heterocycles. The van der Waals surface area contributed by atoms with Gasteiger partial charge in [0.15, 0.2) is 0 Å². The summed E-state index contributed by atoms with van der Waals surface area (Å²) in [5.74, 6) is -0.193. The van der Waals surface area contributed by atoms with E-state index in [-0.39, 0.29) is 12.3 Å². The zero-order valence-electron chi connectivity index (χ0n) is 11.1. The van der Waals surface area contributed by atoms with Gasteiger partial charge in [0, 0.05) is 7.11 Å². The lowest BCUT2D eigenvalue weighted by Crippen LogP contribution is -2.97. The van der Waals surface area contributed by atoms with Crippen LogP contribution in [0.25, 0.3) is 0 Å². The van der Waals surface area contributed by atoms with E-state index in [0.717, 1.165) is 5.56 Å². The average Bonchev–Trinajstić information content (AvgIpc) is 2.38. The molecule has 4 nitrogen and oxygen atoms in total. The Labute approximate surface area is 133 Å². The maximum atomic E-state index is 12.0. The van der Waals surface area contributed by atoms with Crippen molar-refractivity contribution in [2.75, 3.05) is 20.3 Å². The van der Waals surface area contributed by atoms with Gasteiger partial charge in [0.05, 0.1) is 13.0 Å². The first-order chi connectivity index (χ1) is 9.43. The van der Waals surface area contributed by atoms with Gasteiger partial charge < -0.3 is 15.4 Å². The van der Waals surface area contributed by atoms with Crippen molar-refractivity contribution in [2.24, 2.45) is 0 Å². The molecule has 0 radical (unpaired) electrons. The van der Waals surface area contributed by atoms with E-state index >= 15 is 0 Å². The van der Waals surface area contributed by atoms with Gasteiger partial charge in [-0.3, -0.25) is 4.79 Å². The van der Waals surface area contributed by atoms with Crippen molar-refractivity contribution < 1.29 is 14.8 Å². The molecule has 1 amide bonds. The number of ether oxygens (including phenoxy) is 1. The van der Waals surface area contributed by atoms with Gasteiger partial charge in [-0.1, -0.05) is 65.1 Å². The highest BCUT2D eigenvalue weighted by molar-refractivity contribution is 6.68. The lowest BCUT2D eigenvalue weighted by molar-refractivity contribution is -0.693. The maximum Gasteiger partial charge on any atom is 0.262 e. The van der Waals surface area contributed by atoms with Gasteiger partial charge in [-0.25, -0.2) is 0 Å². The molecule has 1 atom stereocenters. The zero-order valence-corrected chi connectivity index (χ0v) is 13.4. The van der Waals surface area contributed by atoms with E-state index in [9.17, 15) is 4.79 Å². The third kappa shape index (κ3) is 6.77. The predicted molar refractivity (Wildman–Crippen MR) is 81.0 cm³/mol. The summed E-state index contributed by atoms with van der Waals surface area (Å²) in [6.07, 6.45) is -0.408. The van der Waals surface area contributed by atoms with Crippen LogP contribution in [0.4, 0.5) is 0 Å². The summed E-state index contributed by atoms with van der Waals surface area (Å²) in [6.45, 7) is 1.09. The monoisotopic (exact) mass is 339 g/mol. The zero-order chi connectivity index (χ0) is 15.0. The molecule has 0 spiro atoms. The van der Waals surface area contributed by atoms with E-state index < -0.39 is 9.96 Å². The molecule has 0 unspecified atom stereocenters. The third-order valence-corrected chi connectivity index (χ3v) is 3.31. The summed E-state index contributed by atoms with van der Waals surface area (Å²) in [7, 11) is 1.59. The molecule has 1 aromatic carbocycles. The van der Waals surface area contributed by atoms with E-state index in [1.54, 1.807) is 12.4 Å². The van der Waals surface area contributed by atoms with Crippen LogP contribution in [0.5, 0.6) is 0 Å². The van der Waals surface area contributed by atoms with E-state index in [1.807, 2.05) is 30.3 Å². The predicted octanol–water partition coefficient (Wildman–Crippen LogP) is 1.25. The molecule has 0 aliphatic heterocycles. The summed E-state index contributed by atoms with van der Waals surface area (Å²) in [5, 5.41) is 4.45. The molecule has 0 fully saturated rings. The molecule has 0 aliphatic rings. The molecule has 20 heavy (non-hydrogen) atoms. The Balaban J connectivity index is 2.53. The van der Waals surface area contributed by atoms with E-state index in [0.29, 0.717) is 13.2 Å². The number of halogens is 3. The number of nitrogens with two attached hydrogens (primary N) is 1. The second-order valence-electron chi connectivity index (χ2n) is 4.27. The smallest absolute Gasteiger partial charge is 0.262 e. The van der Waals surface area contributed by atoms with E-state index in [4.69, 9.17) is 39.5 Å². The van der Waals surface area contributed by atoms with Crippen molar-refractivity contribution >= 4 is 40.7 Å². The highest BCUT2D eigenvalue weighted by atomic mass is 35.6. The van der Waals surface area contributed by atoms with Crippen LogP contribution < -0.4 is 10.6 Å². The lowest BCUT2D eigenvalue weighted by atomic mass is 10.1. The summed E-state index contributed by atoms with van der Waals surface area (Å²) in [6, 6.07) is 9.39. The third-order valence-electron chi connectivity index (χ3n) is 2.60. The summed E-state index contributed by atoms with van der Waals surface area (Å²) in [4.78, 5) is 12.0. The van der Waals surface area contributed by atoms with E-state index in [1.165, 1.54) is 0 Å². The molecular formula is C13H18Cl3N2O2+. The van der Waals surface area contributed by atoms with Gasteiger partial charge in [0.25, 0.3) is 3.79 Å². The minimum Gasteiger partial charge on any atom is -0.379 e. The summed E-state index contributed by atoms with van der Waals surface area (Å²) >= 11 is 17.6. The van der Waals surface area contributed by atoms with Crippen LogP contribution in [0, 0.1) is 0 Å². The maximum absolute atomic E-state index is 12.0. The first kappa shape index (κ1) is 17.5. The molecular weight excluding hydrogens is 323 g/mol. The number of alkyl halides is 3. The Hall–Kier alpha value is -0.520. The van der Waals surface area contributed by atoms with Crippen LogP contribution in [-0.2, 0) is 16.0 Å². The molecule has 1 rings (SSSR count). The minimum absolute atomic E-state index is 0.193. The summed E-state index contributed by atoms with van der Waals surface area (Å²) in [5.41, 5.74) is 0.907. The second-order valence-corrected chi connectivity index (χ2v) is 6.64. The first-order valence-electron chi connectivity index (χ1n) is 6.15. The van der Waals surface area contributed by atoms with Crippen molar-refractivity contribution in [1.82, 2.24) is 5.32 Å². The number of amides is 1. The highest BCUT2D eigenvalue weighted by Crippen LogP contribution is 2.27. The molecule has 0 aliphatic carbocycles. The highest BCUT2D eigenvalue weighted by Gasteiger charge is 2.37. The van der Waals surface area contributed by atoms with Crippen LogP contribution in [-0.4, -0.2) is 36.1 Å². The first-order valence-corrected chi connectivity index (χ1v) is 7.29. The number of nitrogens with one attached hydrogen (secondary N) is 1. The number of benzene rings is 1. The quantitative estimate of drug-likeness (QED) is 0.446. The molecule has 1 aromatic rings. The Kier molecular flexibility index (Phi) is 7.62. The van der Waals surface area contributed by atoms with Crippen LogP contribution in [0.1, 0.15) is 5.56 Å². The standard InChI is InChI=1S/C13H17Cl3N2O2/c1-20-8-7-17-12(13(14,15)16)18-11(19)9-10-5-3-2-4-6-10/h2-6,12,17H,7-9H2,1H3,(H,18,19)/p+1/t12-/m0/s1. The molecule has 3 N–H and O–H groups in total. The van der Waals surface area contributed by atoms with Crippen LogP contribution in [0.3, 0.4) is 0 Å². The second kappa shape index (κ2) is 8.70. The molecule has 0 saturated heterocycles. The van der Waals surface area contributed by atoms with Gasteiger partial charge in [-0.05, 0) is 5.56 Å².